The van der Waals surface area contributed by atoms with E-state index in [0.29, 0.717) is 6.04 Å². The minimum Gasteiger partial charge on any atom is -0.310 e. The molecule has 0 aliphatic carbocycles. The maximum absolute atomic E-state index is 3.57. The second-order valence-corrected chi connectivity index (χ2v) is 4.84. The molecule has 1 aromatic rings. The Bertz CT molecular complexity index is 291. The molecule has 0 bridgehead atoms. The molecule has 0 radical (unpaired) electrons. The Morgan fingerprint density at radius 1 is 1.13 bits per heavy atom. The van der Waals surface area contributed by atoms with E-state index in [0.717, 1.165) is 12.5 Å². The van der Waals surface area contributed by atoms with Gasteiger partial charge >= 0.3 is 0 Å². The third-order valence-corrected chi connectivity index (χ3v) is 2.73. The molecule has 0 aliphatic rings. The van der Waals surface area contributed by atoms with Gasteiger partial charge in [0, 0.05) is 12.6 Å². The molecule has 15 heavy (non-hydrogen) atoms. The molecule has 1 N–H and O–H groups in total. The van der Waals surface area contributed by atoms with E-state index in [2.05, 4.69) is 57.3 Å². The number of hydrogen-bond donors (Lipinski definition) is 1. The number of aryl methyl sites for hydroxylation is 1. The van der Waals surface area contributed by atoms with Crippen LogP contribution in [0.5, 0.6) is 0 Å². The third kappa shape index (κ3) is 4.48. The standard InChI is InChI=1S/C14H23N/c1-11(2)9-13(4)15-10-14-8-6-5-7-12(14)3/h5-8,11,13,15H,9-10H2,1-4H3. The van der Waals surface area contributed by atoms with Crippen LogP contribution in [0.2, 0.25) is 0 Å². The van der Waals surface area contributed by atoms with Gasteiger partial charge in [-0.2, -0.15) is 0 Å². The highest BCUT2D eigenvalue weighted by molar-refractivity contribution is 5.25. The topological polar surface area (TPSA) is 12.0 Å². The third-order valence-electron chi connectivity index (χ3n) is 2.73. The normalized spacial score (nSPS) is 13.1. The van der Waals surface area contributed by atoms with E-state index in [4.69, 9.17) is 0 Å². The van der Waals surface area contributed by atoms with Crippen molar-refractivity contribution in [1.82, 2.24) is 5.32 Å². The van der Waals surface area contributed by atoms with Gasteiger partial charge in [-0.1, -0.05) is 38.1 Å². The van der Waals surface area contributed by atoms with Gasteiger partial charge in [0.1, 0.15) is 0 Å². The molecule has 1 heteroatoms. The van der Waals surface area contributed by atoms with E-state index >= 15 is 0 Å². The summed E-state index contributed by atoms with van der Waals surface area (Å²) in [6, 6.07) is 9.17. The predicted molar refractivity (Wildman–Crippen MR) is 66.9 cm³/mol. The molecule has 0 aromatic heterocycles. The van der Waals surface area contributed by atoms with Crippen LogP contribution < -0.4 is 5.32 Å². The monoisotopic (exact) mass is 205 g/mol. The fourth-order valence-corrected chi connectivity index (χ4v) is 1.88. The zero-order valence-electron chi connectivity index (χ0n) is 10.4. The SMILES string of the molecule is Cc1ccccc1CNC(C)CC(C)C. The molecule has 84 valence electrons. The summed E-state index contributed by atoms with van der Waals surface area (Å²) in [5.74, 6) is 0.768. The molecular weight excluding hydrogens is 182 g/mol. The summed E-state index contributed by atoms with van der Waals surface area (Å²) in [7, 11) is 0. The summed E-state index contributed by atoms with van der Waals surface area (Å²) < 4.78 is 0. The lowest BCUT2D eigenvalue weighted by Gasteiger charge is -2.16. The molecule has 1 atom stereocenters. The summed E-state index contributed by atoms with van der Waals surface area (Å²) in [4.78, 5) is 0. The van der Waals surface area contributed by atoms with E-state index in [9.17, 15) is 0 Å². The molecule has 0 spiro atoms. The molecule has 0 amide bonds. The van der Waals surface area contributed by atoms with Crippen molar-refractivity contribution in [2.75, 3.05) is 0 Å². The van der Waals surface area contributed by atoms with Crippen LogP contribution in [0.25, 0.3) is 0 Å². The van der Waals surface area contributed by atoms with E-state index in [1.807, 2.05) is 0 Å². The minimum atomic E-state index is 0.601. The van der Waals surface area contributed by atoms with Crippen molar-refractivity contribution in [3.8, 4) is 0 Å². The number of hydrogen-bond acceptors (Lipinski definition) is 1. The highest BCUT2D eigenvalue weighted by atomic mass is 14.9. The first kappa shape index (κ1) is 12.3. The fraction of sp³-hybridized carbons (Fsp3) is 0.571. The van der Waals surface area contributed by atoms with Gasteiger partial charge < -0.3 is 5.32 Å². The zero-order valence-corrected chi connectivity index (χ0v) is 10.4. The van der Waals surface area contributed by atoms with Crippen LogP contribution in [-0.4, -0.2) is 6.04 Å². The first-order chi connectivity index (χ1) is 7.09. The summed E-state index contributed by atoms with van der Waals surface area (Å²) in [6.45, 7) is 9.96. The van der Waals surface area contributed by atoms with Crippen LogP contribution in [0, 0.1) is 12.8 Å². The van der Waals surface area contributed by atoms with Crippen molar-refractivity contribution in [1.29, 1.82) is 0 Å². The molecule has 0 fully saturated rings. The lowest BCUT2D eigenvalue weighted by Crippen LogP contribution is -2.27. The van der Waals surface area contributed by atoms with Crippen molar-refractivity contribution in [3.63, 3.8) is 0 Å². The maximum atomic E-state index is 3.57. The lowest BCUT2D eigenvalue weighted by molar-refractivity contribution is 0.441. The second kappa shape index (κ2) is 5.92. The number of nitrogens with one attached hydrogen (secondary N) is 1. The first-order valence-electron chi connectivity index (χ1n) is 5.87. The maximum Gasteiger partial charge on any atom is 0.0210 e. The van der Waals surface area contributed by atoms with Crippen LogP contribution in [0.1, 0.15) is 38.3 Å². The second-order valence-electron chi connectivity index (χ2n) is 4.84. The van der Waals surface area contributed by atoms with Crippen molar-refractivity contribution < 1.29 is 0 Å². The van der Waals surface area contributed by atoms with Crippen LogP contribution in [-0.2, 0) is 6.54 Å². The molecule has 0 saturated carbocycles. The van der Waals surface area contributed by atoms with Crippen LogP contribution in [0.3, 0.4) is 0 Å². The molecule has 1 aromatic carbocycles. The largest absolute Gasteiger partial charge is 0.310 e. The number of benzene rings is 1. The Labute approximate surface area is 93.9 Å². The van der Waals surface area contributed by atoms with E-state index in [1.165, 1.54) is 17.5 Å². The Hall–Kier alpha value is -0.820. The van der Waals surface area contributed by atoms with Gasteiger partial charge in [0.2, 0.25) is 0 Å². The highest BCUT2D eigenvalue weighted by Crippen LogP contribution is 2.08. The summed E-state index contributed by atoms with van der Waals surface area (Å²) in [5, 5.41) is 3.57. The van der Waals surface area contributed by atoms with Gasteiger partial charge in [-0.3, -0.25) is 0 Å². The average Bonchev–Trinajstić information content (AvgIpc) is 2.15. The van der Waals surface area contributed by atoms with Gasteiger partial charge in [-0.15, -0.1) is 0 Å². The summed E-state index contributed by atoms with van der Waals surface area (Å²) in [5.41, 5.74) is 2.79. The van der Waals surface area contributed by atoms with Crippen molar-refractivity contribution in [3.05, 3.63) is 35.4 Å². The summed E-state index contributed by atoms with van der Waals surface area (Å²) in [6.07, 6.45) is 1.24. The molecule has 1 rings (SSSR count). The van der Waals surface area contributed by atoms with Gasteiger partial charge in [-0.25, -0.2) is 0 Å². The summed E-state index contributed by atoms with van der Waals surface area (Å²) >= 11 is 0. The Kier molecular flexibility index (Phi) is 4.83. The smallest absolute Gasteiger partial charge is 0.0210 e. The van der Waals surface area contributed by atoms with Crippen molar-refractivity contribution >= 4 is 0 Å². The minimum absolute atomic E-state index is 0.601. The molecule has 1 unspecified atom stereocenters. The first-order valence-corrected chi connectivity index (χ1v) is 5.87. The Morgan fingerprint density at radius 3 is 2.40 bits per heavy atom. The molecule has 0 saturated heterocycles. The van der Waals surface area contributed by atoms with E-state index in [1.54, 1.807) is 0 Å². The van der Waals surface area contributed by atoms with Gasteiger partial charge in [0.25, 0.3) is 0 Å². The molecule has 0 aliphatic heterocycles. The van der Waals surface area contributed by atoms with Crippen molar-refractivity contribution in [2.45, 2.75) is 46.7 Å². The lowest BCUT2D eigenvalue weighted by atomic mass is 10.0. The zero-order chi connectivity index (χ0) is 11.3. The van der Waals surface area contributed by atoms with Gasteiger partial charge in [0.15, 0.2) is 0 Å². The quantitative estimate of drug-likeness (QED) is 0.775. The van der Waals surface area contributed by atoms with Gasteiger partial charge in [-0.05, 0) is 37.3 Å². The highest BCUT2D eigenvalue weighted by Gasteiger charge is 2.04. The average molecular weight is 205 g/mol. The van der Waals surface area contributed by atoms with E-state index < -0.39 is 0 Å². The molecule has 0 heterocycles. The van der Waals surface area contributed by atoms with Crippen LogP contribution in [0.4, 0.5) is 0 Å². The van der Waals surface area contributed by atoms with E-state index in [-0.39, 0.29) is 0 Å². The van der Waals surface area contributed by atoms with Crippen molar-refractivity contribution in [2.24, 2.45) is 5.92 Å². The predicted octanol–water partition coefficient (Wildman–Crippen LogP) is 3.52. The Balaban J connectivity index is 2.40. The molecular formula is C14H23N. The van der Waals surface area contributed by atoms with Gasteiger partial charge in [0.05, 0.1) is 0 Å². The Morgan fingerprint density at radius 2 is 1.80 bits per heavy atom. The van der Waals surface area contributed by atoms with Crippen LogP contribution in [0.15, 0.2) is 24.3 Å². The number of rotatable bonds is 5. The van der Waals surface area contributed by atoms with Crippen LogP contribution >= 0.6 is 0 Å². The molecule has 1 nitrogen and oxygen atoms in total. The fourth-order valence-electron chi connectivity index (χ4n) is 1.88.